The van der Waals surface area contributed by atoms with Crippen LogP contribution in [0.5, 0.6) is 0 Å². The molecule has 18 heteroatoms. The molecule has 55 heavy (non-hydrogen) atoms. The fourth-order valence-electron chi connectivity index (χ4n) is 5.17. The minimum Gasteiger partial charge on any atom is -0.445 e. The lowest BCUT2D eigenvalue weighted by atomic mass is 10.1. The molecule has 1 aliphatic rings. The molecule has 0 unspecified atom stereocenters. The minimum atomic E-state index is -1.04. The summed E-state index contributed by atoms with van der Waals surface area (Å²) in [7, 11) is 1.40. The third-order valence-electron chi connectivity index (χ3n) is 8.07. The number of hydrogen-bond donors (Lipinski definition) is 5. The minimum absolute atomic E-state index is 0.0381. The van der Waals surface area contributed by atoms with Crippen molar-refractivity contribution in [3.63, 3.8) is 0 Å². The fraction of sp³-hybridized carbons (Fsp3) is 0.297. The van der Waals surface area contributed by atoms with Crippen LogP contribution >= 0.6 is 0 Å². The highest BCUT2D eigenvalue weighted by molar-refractivity contribution is 6.07. The molecule has 0 aliphatic carbocycles. The second-order valence-electron chi connectivity index (χ2n) is 12.1. The summed E-state index contributed by atoms with van der Waals surface area (Å²) in [6.07, 6.45) is -2.83. The average Bonchev–Trinajstić information content (AvgIpc) is 3.17. The van der Waals surface area contributed by atoms with Gasteiger partial charge < -0.3 is 35.9 Å². The number of rotatable bonds is 14. The third-order valence-corrected chi connectivity index (χ3v) is 8.07. The number of hydrogen-bond acceptors (Lipinski definition) is 10. The molecule has 2 atom stereocenters. The van der Waals surface area contributed by atoms with Gasteiger partial charge in [0.1, 0.15) is 25.9 Å². The maximum Gasteiger partial charge on any atom is 0.437 e. The Bertz CT molecular complexity index is 1840. The SMILES string of the molecule is CN(C(=O)C[C@H](CCCN(C(=O)OCc1ccccc1)/C(N)=N/C(=O)OCc1ccccc1)NC(=O)OCc1ccccc1)[C@H]1CN=C(NC(N)=O)NC1=O. The molecule has 1 aliphatic heterocycles. The number of nitrogens with two attached hydrogens (primary N) is 2. The zero-order valence-corrected chi connectivity index (χ0v) is 30.1. The molecular formula is C37H43N9O9. The Labute approximate surface area is 316 Å². The Morgan fingerprint density at radius 2 is 1.40 bits per heavy atom. The van der Waals surface area contributed by atoms with E-state index in [1.165, 1.54) is 11.9 Å². The topological polar surface area (TPSA) is 249 Å². The number of likely N-dealkylation sites (N-methyl/N-ethyl adjacent to an activating group) is 1. The summed E-state index contributed by atoms with van der Waals surface area (Å²) in [5.41, 5.74) is 13.4. The van der Waals surface area contributed by atoms with Gasteiger partial charge >= 0.3 is 24.3 Å². The van der Waals surface area contributed by atoms with Gasteiger partial charge in [0.25, 0.3) is 5.91 Å². The van der Waals surface area contributed by atoms with Crippen molar-refractivity contribution in [2.24, 2.45) is 21.5 Å². The lowest BCUT2D eigenvalue weighted by Crippen LogP contribution is -2.58. The Kier molecular flexibility index (Phi) is 15.5. The fourth-order valence-corrected chi connectivity index (χ4v) is 5.17. The predicted octanol–water partition coefficient (Wildman–Crippen LogP) is 2.72. The number of alkyl carbamates (subject to hydrolysis) is 1. The van der Waals surface area contributed by atoms with E-state index < -0.39 is 54.2 Å². The van der Waals surface area contributed by atoms with E-state index in [1.54, 1.807) is 72.8 Å². The van der Waals surface area contributed by atoms with E-state index in [2.05, 4.69) is 25.9 Å². The summed E-state index contributed by atoms with van der Waals surface area (Å²) in [5, 5.41) is 7.25. The Hall–Kier alpha value is -6.98. The number of carbonyl (C=O) groups excluding carboxylic acids is 6. The first-order valence-electron chi connectivity index (χ1n) is 17.2. The van der Waals surface area contributed by atoms with Gasteiger partial charge in [-0.15, -0.1) is 4.99 Å². The smallest absolute Gasteiger partial charge is 0.437 e. The van der Waals surface area contributed by atoms with Crippen LogP contribution in [0, 0.1) is 0 Å². The van der Waals surface area contributed by atoms with E-state index in [0.717, 1.165) is 10.5 Å². The number of nitrogens with one attached hydrogen (secondary N) is 3. The maximum absolute atomic E-state index is 13.5. The van der Waals surface area contributed by atoms with Crippen molar-refractivity contribution in [3.8, 4) is 0 Å². The highest BCUT2D eigenvalue weighted by Crippen LogP contribution is 2.13. The van der Waals surface area contributed by atoms with Crippen LogP contribution in [0.2, 0.25) is 0 Å². The summed E-state index contributed by atoms with van der Waals surface area (Å²) in [5.74, 6) is -1.78. The largest absolute Gasteiger partial charge is 0.445 e. The van der Waals surface area contributed by atoms with Crippen molar-refractivity contribution < 1.29 is 43.0 Å². The van der Waals surface area contributed by atoms with E-state index in [4.69, 9.17) is 25.7 Å². The van der Waals surface area contributed by atoms with Crippen LogP contribution in [0.1, 0.15) is 36.0 Å². The number of benzene rings is 3. The summed E-state index contributed by atoms with van der Waals surface area (Å²) in [4.78, 5) is 86.1. The molecule has 0 bridgehead atoms. The van der Waals surface area contributed by atoms with Crippen molar-refractivity contribution in [1.82, 2.24) is 25.8 Å². The van der Waals surface area contributed by atoms with Crippen molar-refractivity contribution in [2.75, 3.05) is 20.1 Å². The molecule has 18 nitrogen and oxygen atoms in total. The second kappa shape index (κ2) is 20.9. The molecule has 7 N–H and O–H groups in total. The van der Waals surface area contributed by atoms with Crippen LogP contribution in [0.3, 0.4) is 0 Å². The Morgan fingerprint density at radius 1 is 0.855 bits per heavy atom. The van der Waals surface area contributed by atoms with E-state index in [9.17, 15) is 28.8 Å². The van der Waals surface area contributed by atoms with Gasteiger partial charge in [-0.1, -0.05) is 91.0 Å². The van der Waals surface area contributed by atoms with Crippen molar-refractivity contribution in [2.45, 2.75) is 51.2 Å². The van der Waals surface area contributed by atoms with E-state index >= 15 is 0 Å². The molecule has 0 saturated carbocycles. The maximum atomic E-state index is 13.5. The molecule has 4 rings (SSSR count). The highest BCUT2D eigenvalue weighted by atomic mass is 16.6. The van der Waals surface area contributed by atoms with Crippen molar-refractivity contribution in [1.29, 1.82) is 0 Å². The number of nitrogens with zero attached hydrogens (tertiary/aromatic N) is 4. The number of ether oxygens (including phenoxy) is 3. The number of primary amides is 1. The molecule has 0 saturated heterocycles. The average molecular weight is 758 g/mol. The summed E-state index contributed by atoms with van der Waals surface area (Å²) in [6, 6.07) is 23.9. The number of amides is 7. The molecule has 0 fully saturated rings. The summed E-state index contributed by atoms with van der Waals surface area (Å²) in [6.45, 7) is -0.521. The Balaban J connectivity index is 1.45. The number of urea groups is 1. The van der Waals surface area contributed by atoms with E-state index in [1.807, 2.05) is 18.2 Å². The van der Waals surface area contributed by atoms with Crippen molar-refractivity contribution >= 4 is 48.0 Å². The molecule has 7 amide bonds. The van der Waals surface area contributed by atoms with Gasteiger partial charge in [-0.3, -0.25) is 20.2 Å². The van der Waals surface area contributed by atoms with Gasteiger partial charge in [-0.2, -0.15) is 0 Å². The van der Waals surface area contributed by atoms with Crippen LogP contribution in [0.15, 0.2) is 101 Å². The lowest BCUT2D eigenvalue weighted by molar-refractivity contribution is -0.138. The molecule has 290 valence electrons. The van der Waals surface area contributed by atoms with Gasteiger partial charge in [-0.25, -0.2) is 29.1 Å². The summed E-state index contributed by atoms with van der Waals surface area (Å²) < 4.78 is 16.0. The third kappa shape index (κ3) is 13.8. The Morgan fingerprint density at radius 3 is 1.95 bits per heavy atom. The number of carbonyl (C=O) groups is 6. The number of guanidine groups is 2. The van der Waals surface area contributed by atoms with Gasteiger partial charge in [0.05, 0.1) is 6.54 Å². The second-order valence-corrected chi connectivity index (χ2v) is 12.1. The van der Waals surface area contributed by atoms with Gasteiger partial charge in [-0.05, 0) is 29.5 Å². The lowest BCUT2D eigenvalue weighted by Gasteiger charge is -2.30. The monoisotopic (exact) mass is 757 g/mol. The van der Waals surface area contributed by atoms with E-state index in [-0.39, 0.29) is 58.1 Å². The van der Waals surface area contributed by atoms with Crippen molar-refractivity contribution in [3.05, 3.63) is 108 Å². The number of aliphatic imine (C=N–C) groups is 2. The first-order valence-corrected chi connectivity index (χ1v) is 17.2. The van der Waals surface area contributed by atoms with Gasteiger partial charge in [0, 0.05) is 26.1 Å². The van der Waals surface area contributed by atoms with E-state index in [0.29, 0.717) is 11.1 Å². The molecule has 0 spiro atoms. The highest BCUT2D eigenvalue weighted by Gasteiger charge is 2.32. The molecule has 0 radical (unpaired) electrons. The molecule has 3 aromatic carbocycles. The normalized spacial score (nSPS) is 14.3. The molecule has 1 heterocycles. The quantitative estimate of drug-likeness (QED) is 0.0914. The molecule has 3 aromatic rings. The van der Waals surface area contributed by atoms with Gasteiger partial charge in [0.2, 0.25) is 17.8 Å². The van der Waals surface area contributed by atoms with Crippen LogP contribution in [-0.4, -0.2) is 90.1 Å². The van der Waals surface area contributed by atoms with Crippen LogP contribution in [0.25, 0.3) is 0 Å². The van der Waals surface area contributed by atoms with Gasteiger partial charge in [0.15, 0.2) is 0 Å². The first-order chi connectivity index (χ1) is 26.5. The molecule has 0 aromatic heterocycles. The predicted molar refractivity (Wildman–Crippen MR) is 199 cm³/mol. The van der Waals surface area contributed by atoms with Crippen LogP contribution in [-0.2, 0) is 43.6 Å². The summed E-state index contributed by atoms with van der Waals surface area (Å²) >= 11 is 0. The standard InChI is InChI=1S/C37H43N9O9/c1-45(29-21-40-34(42-31(29)48)44-33(39)49)30(47)20-28(41-35(50)53-22-25-12-5-2-6-13-25)18-11-19-46(37(52)55-24-27-16-9-4-10-17-27)32(38)43-36(51)54-23-26-14-7-3-8-15-26/h2-10,12-17,28-29H,11,18-24H2,1H3,(H,41,50)(H2,38,43,51)(H4,39,40,42,44,48,49)/t28-,29-/m0/s1. The first kappa shape index (κ1) is 40.8. The van der Waals surface area contributed by atoms with Crippen LogP contribution < -0.4 is 27.4 Å². The zero-order valence-electron chi connectivity index (χ0n) is 30.1. The molecular weight excluding hydrogens is 714 g/mol. The zero-order chi connectivity index (χ0) is 39.6. The van der Waals surface area contributed by atoms with Crippen LogP contribution in [0.4, 0.5) is 19.2 Å².